The maximum Gasteiger partial charge on any atom is 0.302 e. The lowest BCUT2D eigenvalue weighted by Gasteiger charge is -2.59. The quantitative estimate of drug-likeness (QED) is 0.325. The molecule has 2 saturated carbocycles. The zero-order chi connectivity index (χ0) is 27.0. The first-order valence-corrected chi connectivity index (χ1v) is 14.6. The van der Waals surface area contributed by atoms with E-state index in [-0.39, 0.29) is 46.3 Å². The minimum atomic E-state index is -0.406. The largest absolute Gasteiger partial charge is 0.466 e. The van der Waals surface area contributed by atoms with Gasteiger partial charge in [-0.25, -0.2) is 0 Å². The normalized spacial score (nSPS) is 44.6. The van der Waals surface area contributed by atoms with Crippen LogP contribution >= 0.6 is 0 Å². The first kappa shape index (κ1) is 27.1. The van der Waals surface area contributed by atoms with E-state index < -0.39 is 5.60 Å². The molecule has 1 saturated heterocycles. The van der Waals surface area contributed by atoms with Crippen molar-refractivity contribution in [1.29, 1.82) is 0 Å². The van der Waals surface area contributed by atoms with E-state index in [1.165, 1.54) is 18.1 Å². The third-order valence-electron chi connectivity index (χ3n) is 12.3. The number of aliphatic hydroxyl groups is 1. The van der Waals surface area contributed by atoms with E-state index in [2.05, 4.69) is 46.8 Å². The molecule has 3 fully saturated rings. The van der Waals surface area contributed by atoms with E-state index in [9.17, 15) is 14.7 Å². The molecule has 1 aliphatic heterocycles. The zero-order valence-electron chi connectivity index (χ0n) is 24.1. The second kappa shape index (κ2) is 8.78. The van der Waals surface area contributed by atoms with Gasteiger partial charge >= 0.3 is 5.97 Å². The maximum atomic E-state index is 12.9. The van der Waals surface area contributed by atoms with Gasteiger partial charge in [-0.15, -0.1) is 0 Å². The summed E-state index contributed by atoms with van der Waals surface area (Å²) in [7, 11) is 0. The second-order valence-electron chi connectivity index (χ2n) is 14.4. The molecule has 8 atom stereocenters. The summed E-state index contributed by atoms with van der Waals surface area (Å²) in [4.78, 5) is 24.7. The summed E-state index contributed by atoms with van der Waals surface area (Å²) in [5, 5.41) is 9.65. The van der Waals surface area contributed by atoms with E-state index in [0.29, 0.717) is 30.6 Å². The molecule has 0 aromatic rings. The fourth-order valence-electron chi connectivity index (χ4n) is 9.39. The predicted octanol–water partition coefficient (Wildman–Crippen LogP) is 6.19. The van der Waals surface area contributed by atoms with Crippen LogP contribution in [-0.4, -0.2) is 41.8 Å². The molecule has 4 aliphatic carbocycles. The monoisotopic (exact) mass is 512 g/mol. The van der Waals surface area contributed by atoms with Crippen LogP contribution in [0.15, 0.2) is 23.3 Å². The van der Waals surface area contributed by atoms with E-state index in [4.69, 9.17) is 9.47 Å². The molecular weight excluding hydrogens is 464 g/mol. The Morgan fingerprint density at radius 3 is 2.51 bits per heavy atom. The first-order valence-electron chi connectivity index (χ1n) is 14.6. The van der Waals surface area contributed by atoms with Gasteiger partial charge in [-0.05, 0) is 97.0 Å². The van der Waals surface area contributed by atoms with Crippen LogP contribution in [0.1, 0.15) is 99.8 Å². The lowest BCUT2D eigenvalue weighted by molar-refractivity contribution is -0.143. The summed E-state index contributed by atoms with van der Waals surface area (Å²) < 4.78 is 11.4. The minimum absolute atomic E-state index is 0.0510. The summed E-state index contributed by atoms with van der Waals surface area (Å²) in [6.07, 6.45) is 12.9. The van der Waals surface area contributed by atoms with Gasteiger partial charge in [0.25, 0.3) is 0 Å². The van der Waals surface area contributed by atoms with Crippen LogP contribution in [-0.2, 0) is 19.1 Å². The van der Waals surface area contributed by atoms with Crippen molar-refractivity contribution < 1.29 is 24.2 Å². The zero-order valence-corrected chi connectivity index (χ0v) is 24.1. The van der Waals surface area contributed by atoms with E-state index in [0.717, 1.165) is 44.9 Å². The van der Waals surface area contributed by atoms with Gasteiger partial charge in [0.15, 0.2) is 0 Å². The Kier molecular flexibility index (Phi) is 6.43. The highest BCUT2D eigenvalue weighted by atomic mass is 16.6. The summed E-state index contributed by atoms with van der Waals surface area (Å²) >= 11 is 0. The molecule has 0 bridgehead atoms. The van der Waals surface area contributed by atoms with Crippen molar-refractivity contribution in [3.63, 3.8) is 0 Å². The summed E-state index contributed by atoms with van der Waals surface area (Å²) in [5.41, 5.74) is 2.59. The predicted molar refractivity (Wildman–Crippen MR) is 144 cm³/mol. The molecule has 1 N–H and O–H groups in total. The lowest BCUT2D eigenvalue weighted by Crippen LogP contribution is -2.53. The minimum Gasteiger partial charge on any atom is -0.466 e. The molecule has 0 unspecified atom stereocenters. The summed E-state index contributed by atoms with van der Waals surface area (Å²) in [6.45, 7) is 15.7. The van der Waals surface area contributed by atoms with Crippen molar-refractivity contribution in [3.8, 4) is 0 Å². The number of fused-ring (bicyclic) bond motifs is 5. The van der Waals surface area contributed by atoms with Gasteiger partial charge in [0, 0.05) is 18.8 Å². The van der Waals surface area contributed by atoms with Crippen molar-refractivity contribution in [2.75, 3.05) is 13.2 Å². The van der Waals surface area contributed by atoms with E-state index in [1.807, 2.05) is 6.92 Å². The number of allylic oxidation sites excluding steroid dienone is 4. The number of esters is 1. The number of carbonyl (C=O) groups is 2. The molecule has 5 heteroatoms. The molecule has 0 spiro atoms. The first-order chi connectivity index (χ1) is 17.2. The van der Waals surface area contributed by atoms with Crippen molar-refractivity contribution in [2.24, 2.45) is 39.4 Å². The van der Waals surface area contributed by atoms with Crippen molar-refractivity contribution in [3.05, 3.63) is 23.3 Å². The average molecular weight is 513 g/mol. The van der Waals surface area contributed by atoms with Gasteiger partial charge in [0.05, 0.1) is 19.3 Å². The number of carbonyl (C=O) groups excluding carboxylic acids is 2. The van der Waals surface area contributed by atoms with Crippen LogP contribution in [0.3, 0.4) is 0 Å². The van der Waals surface area contributed by atoms with E-state index >= 15 is 0 Å². The van der Waals surface area contributed by atoms with Crippen molar-refractivity contribution in [2.45, 2.75) is 112 Å². The van der Waals surface area contributed by atoms with Gasteiger partial charge in [-0.2, -0.15) is 0 Å². The number of ether oxygens (including phenoxy) is 2. The van der Waals surface area contributed by atoms with Crippen LogP contribution in [0.2, 0.25) is 0 Å². The Hall–Kier alpha value is -1.46. The fourth-order valence-corrected chi connectivity index (χ4v) is 9.39. The van der Waals surface area contributed by atoms with Crippen molar-refractivity contribution in [1.82, 2.24) is 0 Å². The van der Waals surface area contributed by atoms with Gasteiger partial charge in [0.1, 0.15) is 11.4 Å². The number of hydrogen-bond acceptors (Lipinski definition) is 5. The highest BCUT2D eigenvalue weighted by Crippen LogP contribution is 2.71. The second-order valence-corrected chi connectivity index (χ2v) is 14.4. The van der Waals surface area contributed by atoms with Crippen LogP contribution in [0.5, 0.6) is 0 Å². The number of rotatable bonds is 7. The van der Waals surface area contributed by atoms with Crippen LogP contribution < -0.4 is 0 Å². The topological polar surface area (TPSA) is 76.1 Å². The Morgan fingerprint density at radius 1 is 1.14 bits per heavy atom. The van der Waals surface area contributed by atoms with Gasteiger partial charge in [-0.1, -0.05) is 46.8 Å². The van der Waals surface area contributed by atoms with Crippen molar-refractivity contribution >= 4 is 11.8 Å². The number of hydrogen-bond donors (Lipinski definition) is 1. The van der Waals surface area contributed by atoms with Gasteiger partial charge < -0.3 is 14.6 Å². The lowest BCUT2D eigenvalue weighted by atomic mass is 9.44. The highest BCUT2D eigenvalue weighted by Gasteiger charge is 2.63. The molecule has 5 rings (SSSR count). The molecule has 1 heterocycles. The molecule has 37 heavy (non-hydrogen) atoms. The van der Waals surface area contributed by atoms with Crippen LogP contribution in [0.25, 0.3) is 0 Å². The third kappa shape index (κ3) is 3.92. The molecule has 5 nitrogen and oxygen atoms in total. The third-order valence-corrected chi connectivity index (χ3v) is 12.3. The Labute approximate surface area is 223 Å². The Balaban J connectivity index is 1.43. The van der Waals surface area contributed by atoms with Gasteiger partial charge in [0.2, 0.25) is 0 Å². The summed E-state index contributed by atoms with van der Waals surface area (Å²) in [5.74, 6) is 1.29. The van der Waals surface area contributed by atoms with E-state index in [1.54, 1.807) is 0 Å². The summed E-state index contributed by atoms with van der Waals surface area (Å²) in [6, 6.07) is 0. The molecule has 0 radical (unpaired) electrons. The molecule has 0 aromatic carbocycles. The smallest absolute Gasteiger partial charge is 0.302 e. The van der Waals surface area contributed by atoms with Crippen LogP contribution in [0.4, 0.5) is 0 Å². The fraction of sp³-hybridized carbons (Fsp3) is 0.812. The molecule has 0 aromatic heterocycles. The number of epoxide rings is 1. The number of ketones is 1. The Morgan fingerprint density at radius 2 is 1.86 bits per heavy atom. The SMILES string of the molecule is CC(=O)OC[C@H](CC[C@H]1O[C@@]1(C)CO)[C@H]1CC[C@@]2(C)C3=CC[C@H]4C(C)(C)C(=O)CC[C@]4(C)C3=CC[C@]12C. The number of Topliss-reactive ketones (excluding diaryl/α,β-unsaturated/α-hetero) is 1. The highest BCUT2D eigenvalue weighted by molar-refractivity contribution is 5.86. The standard InChI is InChI=1S/C32H48O5/c1-20(34)36-18-21(8-11-27-32(7,19-33)37-27)22-12-16-31(6)24-9-10-25-28(2,3)26(35)14-15-29(25,4)23(24)13-17-30(22,31)5/h9,13,21-22,25,27,33H,8,10-12,14-19H2,1-7H3/t21-,22+,25-,27+,29+,30+,31-,32-/m0/s1. The molecular formula is C32H48O5. The molecule has 0 amide bonds. The molecule has 5 aliphatic rings. The van der Waals surface area contributed by atoms with Gasteiger partial charge in [-0.3, -0.25) is 9.59 Å². The molecule has 206 valence electrons. The Bertz CT molecular complexity index is 1040. The average Bonchev–Trinajstić information content (AvgIpc) is 3.41. The maximum absolute atomic E-state index is 12.9. The number of aliphatic hydroxyl groups excluding tert-OH is 1. The van der Waals surface area contributed by atoms with Crippen LogP contribution in [0, 0.1) is 39.4 Å².